The summed E-state index contributed by atoms with van der Waals surface area (Å²) in [5.41, 5.74) is 6.54. The van der Waals surface area contributed by atoms with Crippen LogP contribution in [0.1, 0.15) is 13.8 Å². The molecule has 0 aromatic carbocycles. The average Bonchev–Trinajstić information content (AvgIpc) is 1.99. The van der Waals surface area contributed by atoms with Crippen molar-refractivity contribution in [1.29, 1.82) is 0 Å². The topological polar surface area (TPSA) is 43.1 Å². The Morgan fingerprint density at radius 1 is 1.45 bits per heavy atom. The average molecular weight is 151 g/mol. The molecule has 60 valence electrons. The van der Waals surface area contributed by atoms with Crippen LogP contribution in [0.2, 0.25) is 0 Å². The second-order valence-corrected chi connectivity index (χ2v) is 2.20. The Morgan fingerprint density at radius 2 is 2.00 bits per heavy atom. The number of carbonyl (C=O) groups excluding carboxylic acids is 1. The van der Waals surface area contributed by atoms with Crippen LogP contribution in [0.3, 0.4) is 0 Å². The molecule has 0 bridgehead atoms. The molecule has 0 aromatic heterocycles. The third-order valence-electron chi connectivity index (χ3n) is 1.26. The Balaban J connectivity index is 4.15. The van der Waals surface area contributed by atoms with Gasteiger partial charge < -0.3 is 5.73 Å². The van der Waals surface area contributed by atoms with Crippen molar-refractivity contribution in [1.82, 2.24) is 0 Å². The van der Waals surface area contributed by atoms with Gasteiger partial charge in [-0.2, -0.15) is 0 Å². The van der Waals surface area contributed by atoms with E-state index in [9.17, 15) is 4.79 Å². The zero-order valence-corrected chi connectivity index (χ0v) is 6.92. The van der Waals surface area contributed by atoms with E-state index in [1.54, 1.807) is 18.2 Å². The molecule has 0 amide bonds. The van der Waals surface area contributed by atoms with E-state index in [0.29, 0.717) is 11.3 Å². The standard InChI is InChI=1S/C9H13NO/c1-4-9(10)6-5-7(2)8(3)11/h4-6H,2,10H2,1,3H3/b6-5-,9-4+. The van der Waals surface area contributed by atoms with Gasteiger partial charge in [0.2, 0.25) is 0 Å². The summed E-state index contributed by atoms with van der Waals surface area (Å²) in [4.78, 5) is 10.6. The molecule has 2 nitrogen and oxygen atoms in total. The number of ketones is 1. The molecular formula is C9H13NO. The lowest BCUT2D eigenvalue weighted by Crippen LogP contribution is -1.94. The quantitative estimate of drug-likeness (QED) is 0.491. The van der Waals surface area contributed by atoms with E-state index in [-0.39, 0.29) is 5.78 Å². The normalized spacial score (nSPS) is 12.0. The van der Waals surface area contributed by atoms with Crippen LogP contribution in [0.5, 0.6) is 0 Å². The fourth-order valence-corrected chi connectivity index (χ4v) is 0.410. The molecule has 0 saturated carbocycles. The highest BCUT2D eigenvalue weighted by Gasteiger charge is 1.92. The zero-order chi connectivity index (χ0) is 8.85. The van der Waals surface area contributed by atoms with Crippen LogP contribution >= 0.6 is 0 Å². The number of hydrogen-bond acceptors (Lipinski definition) is 2. The monoisotopic (exact) mass is 151 g/mol. The first-order chi connectivity index (χ1) is 5.07. The third-order valence-corrected chi connectivity index (χ3v) is 1.26. The van der Waals surface area contributed by atoms with Gasteiger partial charge in [0.1, 0.15) is 0 Å². The highest BCUT2D eigenvalue weighted by molar-refractivity contribution is 5.95. The minimum Gasteiger partial charge on any atom is -0.399 e. The van der Waals surface area contributed by atoms with Gasteiger partial charge in [-0.1, -0.05) is 12.7 Å². The summed E-state index contributed by atoms with van der Waals surface area (Å²) < 4.78 is 0. The second kappa shape index (κ2) is 4.50. The molecule has 0 fully saturated rings. The molecule has 0 unspecified atom stereocenters. The van der Waals surface area contributed by atoms with Crippen LogP contribution in [0.15, 0.2) is 36.1 Å². The first kappa shape index (κ1) is 9.69. The van der Waals surface area contributed by atoms with Crippen LogP contribution in [0, 0.1) is 0 Å². The Hall–Kier alpha value is -1.31. The van der Waals surface area contributed by atoms with E-state index in [2.05, 4.69) is 6.58 Å². The van der Waals surface area contributed by atoms with Gasteiger partial charge in [-0.3, -0.25) is 4.79 Å². The Kier molecular flexibility index (Phi) is 3.96. The molecule has 2 heteroatoms. The predicted octanol–water partition coefficient (Wildman–Crippen LogP) is 1.55. The van der Waals surface area contributed by atoms with Crippen LogP contribution in [-0.4, -0.2) is 5.78 Å². The number of rotatable bonds is 3. The number of Topliss-reactive ketones (excluding diaryl/α,β-unsaturated/α-hetero) is 1. The van der Waals surface area contributed by atoms with E-state index >= 15 is 0 Å². The summed E-state index contributed by atoms with van der Waals surface area (Å²) >= 11 is 0. The van der Waals surface area contributed by atoms with Gasteiger partial charge >= 0.3 is 0 Å². The first-order valence-electron chi connectivity index (χ1n) is 3.37. The smallest absolute Gasteiger partial charge is 0.159 e. The Morgan fingerprint density at radius 3 is 2.36 bits per heavy atom. The van der Waals surface area contributed by atoms with E-state index < -0.39 is 0 Å². The summed E-state index contributed by atoms with van der Waals surface area (Å²) in [6, 6.07) is 0. The van der Waals surface area contributed by atoms with Crippen molar-refractivity contribution in [3.05, 3.63) is 36.1 Å². The largest absolute Gasteiger partial charge is 0.399 e. The van der Waals surface area contributed by atoms with Crippen molar-refractivity contribution in [3.8, 4) is 0 Å². The number of hydrogen-bond donors (Lipinski definition) is 1. The van der Waals surface area contributed by atoms with E-state index in [1.807, 2.05) is 6.92 Å². The molecule has 0 rings (SSSR count). The maximum Gasteiger partial charge on any atom is 0.159 e. The lowest BCUT2D eigenvalue weighted by atomic mass is 10.2. The highest BCUT2D eigenvalue weighted by Crippen LogP contribution is 1.96. The number of allylic oxidation sites excluding steroid dienone is 4. The minimum atomic E-state index is -0.0369. The fraction of sp³-hybridized carbons (Fsp3) is 0.222. The molecule has 0 aliphatic heterocycles. The summed E-state index contributed by atoms with van der Waals surface area (Å²) in [5, 5.41) is 0. The molecule has 0 spiro atoms. The first-order valence-corrected chi connectivity index (χ1v) is 3.37. The fourth-order valence-electron chi connectivity index (χ4n) is 0.410. The minimum absolute atomic E-state index is 0.0369. The molecule has 0 saturated heterocycles. The second-order valence-electron chi connectivity index (χ2n) is 2.20. The molecule has 0 atom stereocenters. The van der Waals surface area contributed by atoms with Gasteiger partial charge in [-0.15, -0.1) is 0 Å². The maximum atomic E-state index is 10.6. The van der Waals surface area contributed by atoms with Gasteiger partial charge in [-0.05, 0) is 26.0 Å². The number of nitrogens with two attached hydrogens (primary N) is 1. The highest BCUT2D eigenvalue weighted by atomic mass is 16.1. The summed E-state index contributed by atoms with van der Waals surface area (Å²) in [6.07, 6.45) is 5.02. The molecule has 0 heterocycles. The summed E-state index contributed by atoms with van der Waals surface area (Å²) in [7, 11) is 0. The molecule has 2 N–H and O–H groups in total. The van der Waals surface area contributed by atoms with Gasteiger partial charge in [0.05, 0.1) is 0 Å². The zero-order valence-electron chi connectivity index (χ0n) is 6.92. The van der Waals surface area contributed by atoms with Crippen LogP contribution < -0.4 is 5.73 Å². The van der Waals surface area contributed by atoms with Crippen molar-refractivity contribution in [2.45, 2.75) is 13.8 Å². The maximum absolute atomic E-state index is 10.6. The SMILES string of the molecule is C=C(/C=C\C(N)=C/C)C(C)=O. The molecule has 0 aliphatic rings. The van der Waals surface area contributed by atoms with Crippen molar-refractivity contribution in [3.63, 3.8) is 0 Å². The lowest BCUT2D eigenvalue weighted by molar-refractivity contribution is -0.113. The number of carbonyl (C=O) groups is 1. The van der Waals surface area contributed by atoms with Gasteiger partial charge in [0.15, 0.2) is 5.78 Å². The summed E-state index contributed by atoms with van der Waals surface area (Å²) in [5.74, 6) is -0.0369. The van der Waals surface area contributed by atoms with Crippen molar-refractivity contribution in [2.75, 3.05) is 0 Å². The van der Waals surface area contributed by atoms with E-state index in [1.165, 1.54) is 6.92 Å². The Labute approximate surface area is 67.1 Å². The van der Waals surface area contributed by atoms with Crippen LogP contribution in [0.25, 0.3) is 0 Å². The van der Waals surface area contributed by atoms with Crippen molar-refractivity contribution in [2.24, 2.45) is 5.73 Å². The van der Waals surface area contributed by atoms with Crippen LogP contribution in [0.4, 0.5) is 0 Å². The molecule has 11 heavy (non-hydrogen) atoms. The van der Waals surface area contributed by atoms with Gasteiger partial charge in [0.25, 0.3) is 0 Å². The Bertz CT molecular complexity index is 224. The molecular weight excluding hydrogens is 138 g/mol. The van der Waals surface area contributed by atoms with Gasteiger partial charge in [0, 0.05) is 11.3 Å². The van der Waals surface area contributed by atoms with Crippen molar-refractivity contribution < 1.29 is 4.79 Å². The van der Waals surface area contributed by atoms with E-state index in [4.69, 9.17) is 5.73 Å². The third kappa shape index (κ3) is 4.14. The van der Waals surface area contributed by atoms with Crippen LogP contribution in [-0.2, 0) is 4.79 Å². The predicted molar refractivity (Wildman–Crippen MR) is 46.9 cm³/mol. The van der Waals surface area contributed by atoms with Gasteiger partial charge in [-0.25, -0.2) is 0 Å². The van der Waals surface area contributed by atoms with Crippen molar-refractivity contribution >= 4 is 5.78 Å². The molecule has 0 radical (unpaired) electrons. The molecule has 0 aromatic rings. The lowest BCUT2D eigenvalue weighted by Gasteiger charge is -1.91. The molecule has 0 aliphatic carbocycles. The summed E-state index contributed by atoms with van der Waals surface area (Å²) in [6.45, 7) is 6.84. The van der Waals surface area contributed by atoms with E-state index in [0.717, 1.165) is 0 Å².